The predicted octanol–water partition coefficient (Wildman–Crippen LogP) is 7.47. The third kappa shape index (κ3) is 279. The lowest BCUT2D eigenvalue weighted by atomic mass is 10.0. The molecule has 0 aliphatic rings. The van der Waals surface area contributed by atoms with E-state index in [0.717, 1.165) is 12.5 Å². The van der Waals surface area contributed by atoms with Crippen molar-refractivity contribution >= 4 is 36.1 Å². The van der Waals surface area contributed by atoms with E-state index < -0.39 is 12.6 Å². The largest absolute Gasteiger partial charge is 0.394 e. The fourth-order valence-electron chi connectivity index (χ4n) is 2.19. The lowest BCUT2D eigenvalue weighted by molar-refractivity contribution is -0.124. The molecule has 0 fully saturated rings. The highest BCUT2D eigenvalue weighted by Crippen LogP contribution is 2.08. The van der Waals surface area contributed by atoms with Crippen molar-refractivity contribution in [2.24, 2.45) is 40.2 Å². The Morgan fingerprint density at radius 3 is 0.892 bits per heavy atom. The monoisotopic (exact) mass is 1080 g/mol. The molecule has 456 valence electrons. The molecule has 19 nitrogen and oxygen atoms in total. The molecule has 19 heteroatoms. The number of hydrogen-bond acceptors (Lipinski definition) is 12. The molecule has 74 heavy (non-hydrogen) atoms. The zero-order chi connectivity index (χ0) is 63.0. The standard InChI is InChI=1S/C6H14N2O.C6H15N.C5H11NO2.C5H11NO.C5H13N.2C5H12.C4H10N2O.2C4H9NO.C3H9N.C3H8O/c1-6(2,3)8-5(9)4-7;1-5-7-6(2,3)4;1-4(2)6-5(8)3-7;1-4(2)6-5(3)7;1-5(2,3)6-4;1-5(2,3)4;1-4-5(2)3;1-3(2)6-4(5)7;1-4(2)5-3-6;1-3(2)4(5)6;2*1-3(2)4/h4,7H2,1-3H3,(H,8,9);7H,5H2,1-4H3;4,7H,3H2,1-2H3,(H,6,8);4H,1-3H3,(H,6,7);6H,1-4H3;1-4H3;5H,4H2,1-3H3;3H,1-2H3,(H3,5,6,7);3-4H,1-2H3,(H,5,6);3H,1-2H3,(H2,5,6);3H,4H2,1-2H3;3-4H,1-2H3. The molecule has 17 N–H and O–H groups in total. The number of hydrogen-bond donors (Lipinski definition) is 13. The molecule has 0 saturated carbocycles. The normalized spacial score (nSPS) is 10.1. The van der Waals surface area contributed by atoms with Crippen LogP contribution in [0, 0.1) is 17.3 Å². The lowest BCUT2D eigenvalue weighted by Crippen LogP contribution is -2.43. The first kappa shape index (κ1) is 99.4. The van der Waals surface area contributed by atoms with Crippen LogP contribution in [0.5, 0.6) is 0 Å². The van der Waals surface area contributed by atoms with Gasteiger partial charge in [0.05, 0.1) is 6.54 Å². The van der Waals surface area contributed by atoms with Gasteiger partial charge in [0, 0.05) is 59.7 Å². The maximum Gasteiger partial charge on any atom is 0.312 e. The molecule has 0 rings (SSSR count). The molecule has 0 spiro atoms. The first-order valence-electron chi connectivity index (χ1n) is 26.3. The van der Waals surface area contributed by atoms with Crippen LogP contribution in [-0.2, 0) is 24.0 Å². The zero-order valence-corrected chi connectivity index (χ0v) is 54.7. The maximum atomic E-state index is 10.6. The number of primary amides is 2. The Balaban J connectivity index is -0.0000000570. The molecule has 0 aliphatic heterocycles. The van der Waals surface area contributed by atoms with Crippen LogP contribution in [0.25, 0.3) is 0 Å². The maximum absolute atomic E-state index is 10.6. The van der Waals surface area contributed by atoms with Gasteiger partial charge in [-0.05, 0) is 163 Å². The van der Waals surface area contributed by atoms with E-state index >= 15 is 0 Å². The number of rotatable bonds is 10. The SMILES string of the molecule is CC(=O)NC(C)C.CC(C)(C)C.CC(C)(C)NC(=O)CN.CC(C)C(N)=O.CC(C)N.CC(C)NC(=O)CO.CC(C)NC(N)=O.CC(C)NC=O.CC(C)O.CCC(C)C.CCNC(C)(C)C.CNC(C)(C)C. The topological polar surface area (TPSA) is 331 Å². The second-order valence-electron chi connectivity index (χ2n) is 23.8. The smallest absolute Gasteiger partial charge is 0.312 e. The summed E-state index contributed by atoms with van der Waals surface area (Å²) in [6.07, 6.45) is 1.84. The van der Waals surface area contributed by atoms with Crippen molar-refractivity contribution in [3.63, 3.8) is 0 Å². The zero-order valence-electron chi connectivity index (χ0n) is 54.7. The summed E-state index contributed by atoms with van der Waals surface area (Å²) in [6, 6.07) is 0.696. The number of nitrogens with one attached hydrogen (secondary N) is 7. The molecule has 0 bridgehead atoms. The number of urea groups is 1. The Morgan fingerprint density at radius 2 is 0.865 bits per heavy atom. The number of carbonyl (C=O) groups excluding carboxylic acids is 6. The van der Waals surface area contributed by atoms with Crippen molar-refractivity contribution < 1.29 is 39.0 Å². The highest BCUT2D eigenvalue weighted by molar-refractivity contribution is 5.78. The van der Waals surface area contributed by atoms with Gasteiger partial charge in [0.2, 0.25) is 30.0 Å². The highest BCUT2D eigenvalue weighted by Gasteiger charge is 2.11. The van der Waals surface area contributed by atoms with Crippen molar-refractivity contribution in [2.45, 2.75) is 281 Å². The highest BCUT2D eigenvalue weighted by atomic mass is 16.3. The van der Waals surface area contributed by atoms with Crippen LogP contribution in [0.15, 0.2) is 0 Å². The summed E-state index contributed by atoms with van der Waals surface area (Å²) < 4.78 is 0. The van der Waals surface area contributed by atoms with Crippen molar-refractivity contribution in [3.8, 4) is 0 Å². The van der Waals surface area contributed by atoms with E-state index in [1.165, 1.54) is 13.3 Å². The predicted molar refractivity (Wildman–Crippen MR) is 322 cm³/mol. The summed E-state index contributed by atoms with van der Waals surface area (Å²) in [5.74, 6) is 0.243. The Kier molecular flexibility index (Phi) is 85.5. The molecule has 0 unspecified atom stereocenters. The number of carbonyl (C=O) groups is 6. The summed E-state index contributed by atoms with van der Waals surface area (Å²) in [4.78, 5) is 60.3. The molecular formula is C55H133N11O8. The van der Waals surface area contributed by atoms with Gasteiger partial charge >= 0.3 is 6.03 Å². The average molecular weight is 1080 g/mol. The minimum Gasteiger partial charge on any atom is -0.394 e. The molecule has 0 aromatic carbocycles. The van der Waals surface area contributed by atoms with E-state index in [-0.39, 0.29) is 71.9 Å². The van der Waals surface area contributed by atoms with Crippen molar-refractivity contribution in [1.82, 2.24) is 37.2 Å². The lowest BCUT2D eigenvalue weighted by Gasteiger charge is -2.19. The fraction of sp³-hybridized carbons (Fsp3) is 0.891. The van der Waals surface area contributed by atoms with Gasteiger partial charge in [-0.3, -0.25) is 24.0 Å². The average Bonchev–Trinajstić information content (AvgIpc) is 3.13. The molecule has 0 heterocycles. The van der Waals surface area contributed by atoms with Gasteiger partial charge in [-0.1, -0.05) is 89.5 Å². The first-order chi connectivity index (χ1) is 32.6. The summed E-state index contributed by atoms with van der Waals surface area (Å²) in [5, 5.41) is 35.5. The van der Waals surface area contributed by atoms with Gasteiger partial charge in [-0.15, -0.1) is 0 Å². The first-order valence-corrected chi connectivity index (χ1v) is 26.3. The summed E-state index contributed by atoms with van der Waals surface area (Å²) >= 11 is 0. The van der Waals surface area contributed by atoms with E-state index in [1.54, 1.807) is 27.7 Å². The Bertz CT molecular complexity index is 1170. The van der Waals surface area contributed by atoms with Crippen LogP contribution >= 0.6 is 0 Å². The summed E-state index contributed by atoms with van der Waals surface area (Å²) in [7, 11) is 1.96. The van der Waals surface area contributed by atoms with E-state index in [1.807, 2.05) is 97.1 Å². The molecule has 0 atom stereocenters. The van der Waals surface area contributed by atoms with Gasteiger partial charge in [-0.25, -0.2) is 4.79 Å². The molecule has 7 amide bonds. The number of aliphatic hydroxyl groups excluding tert-OH is 2. The Labute approximate surface area is 458 Å². The second-order valence-corrected chi connectivity index (χ2v) is 23.8. The van der Waals surface area contributed by atoms with Gasteiger partial charge in [0.1, 0.15) is 6.61 Å². The van der Waals surface area contributed by atoms with Crippen LogP contribution < -0.4 is 60.2 Å². The van der Waals surface area contributed by atoms with Crippen LogP contribution in [0.1, 0.15) is 228 Å². The molecule has 0 radical (unpaired) electrons. The van der Waals surface area contributed by atoms with Crippen LogP contribution in [-0.4, -0.2) is 126 Å². The molecule has 0 aromatic rings. The summed E-state index contributed by atoms with van der Waals surface area (Å²) in [5.41, 5.74) is 20.7. The van der Waals surface area contributed by atoms with Crippen LogP contribution in [0.3, 0.4) is 0 Å². The summed E-state index contributed by atoms with van der Waals surface area (Å²) in [6.45, 7) is 64.3. The number of nitrogens with two attached hydrogens (primary N) is 4. The minimum atomic E-state index is -0.463. The third-order valence-corrected chi connectivity index (χ3v) is 5.46. The van der Waals surface area contributed by atoms with Gasteiger partial charge in [0.25, 0.3) is 0 Å². The van der Waals surface area contributed by atoms with Crippen molar-refractivity contribution in [1.29, 1.82) is 0 Å². The van der Waals surface area contributed by atoms with E-state index in [4.69, 9.17) is 33.1 Å². The quantitative estimate of drug-likeness (QED) is 0.0948. The van der Waals surface area contributed by atoms with Crippen molar-refractivity contribution in [3.05, 3.63) is 0 Å². The van der Waals surface area contributed by atoms with Gasteiger partial charge in [0.15, 0.2) is 0 Å². The minimum absolute atomic E-state index is 0.00926. The van der Waals surface area contributed by atoms with Crippen LogP contribution in [0.2, 0.25) is 0 Å². The van der Waals surface area contributed by atoms with E-state index in [2.05, 4.69) is 134 Å². The number of aliphatic hydroxyl groups is 2. The van der Waals surface area contributed by atoms with Crippen molar-refractivity contribution in [2.75, 3.05) is 26.7 Å². The second kappa shape index (κ2) is 63.7. The fourth-order valence-corrected chi connectivity index (χ4v) is 2.19. The van der Waals surface area contributed by atoms with E-state index in [9.17, 15) is 28.8 Å². The third-order valence-electron chi connectivity index (χ3n) is 5.46. The molecular weight excluding hydrogens is 943 g/mol. The van der Waals surface area contributed by atoms with Gasteiger partial charge in [-0.2, -0.15) is 0 Å². The van der Waals surface area contributed by atoms with E-state index in [0.29, 0.717) is 28.9 Å². The number of amides is 7. The van der Waals surface area contributed by atoms with Gasteiger partial charge < -0.3 is 70.4 Å². The Hall–Kier alpha value is -3.62. The molecule has 0 aliphatic carbocycles. The Morgan fingerprint density at radius 1 is 0.581 bits per heavy atom. The molecule has 0 aromatic heterocycles. The molecule has 0 saturated heterocycles. The van der Waals surface area contributed by atoms with Crippen LogP contribution in [0.4, 0.5) is 4.79 Å².